The first-order chi connectivity index (χ1) is 11.0. The van der Waals surface area contributed by atoms with Crippen molar-refractivity contribution in [2.45, 2.75) is 75.9 Å². The van der Waals surface area contributed by atoms with Gasteiger partial charge in [0.15, 0.2) is 5.25 Å². The number of hydrogen-bond acceptors (Lipinski definition) is 5. The van der Waals surface area contributed by atoms with E-state index in [0.29, 0.717) is 19.3 Å². The van der Waals surface area contributed by atoms with Crippen molar-refractivity contribution in [1.29, 1.82) is 0 Å². The zero-order valence-electron chi connectivity index (χ0n) is 13.8. The summed E-state index contributed by atoms with van der Waals surface area (Å²) in [5.74, 6) is -1.71. The molecule has 10 heteroatoms. The van der Waals surface area contributed by atoms with Gasteiger partial charge in [-0.3, -0.25) is 13.9 Å². The molecule has 0 aromatic rings. The maximum Gasteiger partial charge on any atom is 0.324 e. The Morgan fingerprint density at radius 2 is 1.08 bits per heavy atom. The zero-order chi connectivity index (χ0) is 18.6. The third kappa shape index (κ3) is 13.7. The van der Waals surface area contributed by atoms with Crippen LogP contribution in [0.4, 0.5) is 0 Å². The summed E-state index contributed by atoms with van der Waals surface area (Å²) in [7, 11) is -8.38. The number of hydrogen-bond donors (Lipinski definition) is 3. The van der Waals surface area contributed by atoms with Gasteiger partial charge < -0.3 is 5.11 Å². The normalized spacial score (nSPS) is 13.8. The maximum absolute atomic E-state index is 10.9. The summed E-state index contributed by atoms with van der Waals surface area (Å²) in [5.41, 5.74) is 0. The number of carboxylic acid groups (broad SMARTS) is 1. The van der Waals surface area contributed by atoms with E-state index in [0.717, 1.165) is 44.9 Å². The summed E-state index contributed by atoms with van der Waals surface area (Å²) in [6.45, 7) is 0. The molecule has 1 unspecified atom stereocenters. The number of carbonyl (C=O) groups is 1. The Morgan fingerprint density at radius 1 is 0.708 bits per heavy atom. The van der Waals surface area contributed by atoms with Crippen LogP contribution in [-0.4, -0.2) is 48.0 Å². The molecular formula is C14H28O8S2. The highest BCUT2D eigenvalue weighted by atomic mass is 32.2. The van der Waals surface area contributed by atoms with Crippen molar-refractivity contribution < 1.29 is 35.8 Å². The van der Waals surface area contributed by atoms with Crippen LogP contribution in [0.15, 0.2) is 0 Å². The topological polar surface area (TPSA) is 146 Å². The van der Waals surface area contributed by atoms with Crippen molar-refractivity contribution >= 4 is 26.2 Å². The van der Waals surface area contributed by atoms with Crippen LogP contribution in [0.1, 0.15) is 70.6 Å². The minimum absolute atomic E-state index is 0.0814. The Kier molecular flexibility index (Phi) is 11.4. The molecule has 3 N–H and O–H groups in total. The van der Waals surface area contributed by atoms with E-state index in [9.17, 15) is 21.6 Å². The third-order valence-electron chi connectivity index (χ3n) is 3.75. The lowest BCUT2D eigenvalue weighted by Gasteiger charge is -2.08. The van der Waals surface area contributed by atoms with Crippen molar-refractivity contribution in [2.24, 2.45) is 0 Å². The number of aliphatic carboxylic acids is 1. The van der Waals surface area contributed by atoms with E-state index in [4.69, 9.17) is 14.2 Å². The van der Waals surface area contributed by atoms with Crippen LogP contribution in [-0.2, 0) is 25.0 Å². The Balaban J connectivity index is 3.50. The van der Waals surface area contributed by atoms with E-state index in [1.54, 1.807) is 0 Å². The first kappa shape index (κ1) is 23.3. The molecule has 0 saturated carbocycles. The molecule has 0 aliphatic rings. The van der Waals surface area contributed by atoms with Gasteiger partial charge in [-0.2, -0.15) is 16.8 Å². The maximum atomic E-state index is 10.9. The minimum atomic E-state index is -4.54. The lowest BCUT2D eigenvalue weighted by atomic mass is 10.1. The predicted molar refractivity (Wildman–Crippen MR) is 90.2 cm³/mol. The molecule has 0 fully saturated rings. The molecule has 0 aliphatic carbocycles. The molecule has 0 saturated heterocycles. The summed E-state index contributed by atoms with van der Waals surface area (Å²) in [6.07, 6.45) is 8.10. The van der Waals surface area contributed by atoms with Gasteiger partial charge in [0.2, 0.25) is 0 Å². The van der Waals surface area contributed by atoms with Crippen LogP contribution >= 0.6 is 0 Å². The Hall–Kier alpha value is -0.710. The molecule has 0 bridgehead atoms. The third-order valence-corrected chi connectivity index (χ3v) is 5.71. The fourth-order valence-electron chi connectivity index (χ4n) is 2.43. The van der Waals surface area contributed by atoms with Gasteiger partial charge >= 0.3 is 5.97 Å². The lowest BCUT2D eigenvalue weighted by molar-refractivity contribution is -0.136. The van der Waals surface area contributed by atoms with Gasteiger partial charge in [0.25, 0.3) is 20.2 Å². The highest BCUT2D eigenvalue weighted by molar-refractivity contribution is 7.87. The predicted octanol–water partition coefficient (Wildman–Crippen LogP) is 2.51. The SMILES string of the molecule is O=C(O)C(CCCCCCCCCCCCS(=O)(=O)O)S(=O)(=O)O. The molecule has 0 radical (unpaired) electrons. The first-order valence-corrected chi connectivity index (χ1v) is 11.3. The van der Waals surface area contributed by atoms with E-state index in [2.05, 4.69) is 0 Å². The lowest BCUT2D eigenvalue weighted by Crippen LogP contribution is -2.29. The Labute approximate surface area is 144 Å². The number of unbranched alkanes of at least 4 members (excludes halogenated alkanes) is 9. The van der Waals surface area contributed by atoms with Gasteiger partial charge in [-0.25, -0.2) is 0 Å². The Bertz CT molecular complexity index is 553. The zero-order valence-corrected chi connectivity index (χ0v) is 15.4. The van der Waals surface area contributed by atoms with E-state index in [1.807, 2.05) is 0 Å². The van der Waals surface area contributed by atoms with E-state index >= 15 is 0 Å². The molecule has 0 spiro atoms. The van der Waals surface area contributed by atoms with Crippen molar-refractivity contribution in [2.75, 3.05) is 5.75 Å². The quantitative estimate of drug-likeness (QED) is 0.286. The smallest absolute Gasteiger partial charge is 0.324 e. The summed E-state index contributed by atoms with van der Waals surface area (Å²) in [4.78, 5) is 10.7. The van der Waals surface area contributed by atoms with Crippen molar-refractivity contribution in [3.8, 4) is 0 Å². The number of rotatable bonds is 15. The van der Waals surface area contributed by atoms with Crippen LogP contribution in [0.3, 0.4) is 0 Å². The molecule has 24 heavy (non-hydrogen) atoms. The van der Waals surface area contributed by atoms with Crippen molar-refractivity contribution in [1.82, 2.24) is 0 Å². The second-order valence-corrected chi connectivity index (χ2v) is 9.12. The fourth-order valence-corrected chi connectivity index (χ4v) is 3.72. The second kappa shape index (κ2) is 11.8. The average Bonchev–Trinajstić information content (AvgIpc) is 2.40. The monoisotopic (exact) mass is 388 g/mol. The molecule has 144 valence electrons. The van der Waals surface area contributed by atoms with Crippen LogP contribution in [0.2, 0.25) is 0 Å². The van der Waals surface area contributed by atoms with Gasteiger partial charge in [-0.15, -0.1) is 0 Å². The van der Waals surface area contributed by atoms with E-state index in [-0.39, 0.29) is 12.2 Å². The molecule has 1 atom stereocenters. The van der Waals surface area contributed by atoms with Crippen LogP contribution in [0.25, 0.3) is 0 Å². The van der Waals surface area contributed by atoms with Gasteiger partial charge in [0, 0.05) is 0 Å². The second-order valence-electron chi connectivity index (χ2n) is 5.95. The Morgan fingerprint density at radius 3 is 1.42 bits per heavy atom. The summed E-state index contributed by atoms with van der Waals surface area (Å²) >= 11 is 0. The molecule has 0 heterocycles. The molecule has 8 nitrogen and oxygen atoms in total. The fraction of sp³-hybridized carbons (Fsp3) is 0.929. The molecular weight excluding hydrogens is 360 g/mol. The first-order valence-electron chi connectivity index (χ1n) is 8.18. The van der Waals surface area contributed by atoms with E-state index < -0.39 is 31.5 Å². The summed E-state index contributed by atoms with van der Waals surface area (Å²) < 4.78 is 60.1. The van der Waals surface area contributed by atoms with Crippen LogP contribution in [0.5, 0.6) is 0 Å². The summed E-state index contributed by atoms with van der Waals surface area (Å²) in [6, 6.07) is 0. The standard InChI is InChI=1S/C14H28O8S2/c15-14(16)13(24(20,21)22)11-9-7-5-3-1-2-4-6-8-10-12-23(17,18)19/h13H,1-12H2,(H,15,16)(H,17,18,19)(H,20,21,22). The molecule has 0 aromatic carbocycles. The number of carboxylic acids is 1. The highest BCUT2D eigenvalue weighted by Gasteiger charge is 2.29. The molecule has 0 aromatic heterocycles. The molecule has 0 rings (SSSR count). The average molecular weight is 389 g/mol. The van der Waals surface area contributed by atoms with E-state index in [1.165, 1.54) is 0 Å². The molecule has 0 amide bonds. The minimum Gasteiger partial charge on any atom is -0.480 e. The molecule has 0 aliphatic heterocycles. The van der Waals surface area contributed by atoms with Gasteiger partial charge in [0.1, 0.15) is 0 Å². The van der Waals surface area contributed by atoms with Crippen molar-refractivity contribution in [3.05, 3.63) is 0 Å². The summed E-state index contributed by atoms with van der Waals surface area (Å²) in [5, 5.41) is 6.99. The van der Waals surface area contributed by atoms with Gasteiger partial charge in [0.05, 0.1) is 5.75 Å². The van der Waals surface area contributed by atoms with Gasteiger partial charge in [-0.1, -0.05) is 57.8 Å². The highest BCUT2D eigenvalue weighted by Crippen LogP contribution is 2.14. The largest absolute Gasteiger partial charge is 0.480 e. The van der Waals surface area contributed by atoms with Crippen molar-refractivity contribution in [3.63, 3.8) is 0 Å². The van der Waals surface area contributed by atoms with Crippen LogP contribution < -0.4 is 0 Å². The van der Waals surface area contributed by atoms with Crippen LogP contribution in [0, 0.1) is 0 Å². The van der Waals surface area contributed by atoms with Gasteiger partial charge in [-0.05, 0) is 12.8 Å².